The number of aromatic nitrogens is 1. The molecule has 0 spiro atoms. The van der Waals surface area contributed by atoms with Gasteiger partial charge in [-0.1, -0.05) is 44.2 Å². The summed E-state index contributed by atoms with van der Waals surface area (Å²) in [5, 5.41) is 29.8. The highest BCUT2D eigenvalue weighted by molar-refractivity contribution is 7.89. The Labute approximate surface area is 246 Å². The van der Waals surface area contributed by atoms with Crippen LogP contribution in [-0.4, -0.2) is 88.9 Å². The van der Waals surface area contributed by atoms with Crippen LogP contribution in [0.25, 0.3) is 22.4 Å². The molecule has 3 aromatic rings. The highest BCUT2D eigenvalue weighted by atomic mass is 32.2. The molecule has 0 radical (unpaired) electrons. The molecule has 0 bridgehead atoms. The molecular weight excluding hydrogens is 561 g/mol. The average molecular weight is 602 g/mol. The maximum absolute atomic E-state index is 14.5. The number of carboxylic acids is 1. The minimum Gasteiger partial charge on any atom is -0.481 e. The third kappa shape index (κ3) is 7.09. The minimum atomic E-state index is -3.98. The largest absolute Gasteiger partial charge is 0.481 e. The summed E-state index contributed by atoms with van der Waals surface area (Å²) in [5.74, 6) is -1.82. The van der Waals surface area contributed by atoms with Crippen LogP contribution >= 0.6 is 0 Å². The Kier molecular flexibility index (Phi) is 10.2. The van der Waals surface area contributed by atoms with Crippen LogP contribution in [0.1, 0.15) is 44.7 Å². The summed E-state index contributed by atoms with van der Waals surface area (Å²) in [6, 6.07) is 15.2. The van der Waals surface area contributed by atoms with Crippen LogP contribution in [0.3, 0.4) is 0 Å². The fraction of sp³-hybridized carbons (Fsp3) is 0.452. The number of halogens is 1. The van der Waals surface area contributed by atoms with E-state index in [1.54, 1.807) is 12.1 Å². The molecule has 11 heteroatoms. The second-order valence-corrected chi connectivity index (χ2v) is 13.1. The third-order valence-corrected chi connectivity index (χ3v) is 9.66. The first-order valence-electron chi connectivity index (χ1n) is 14.2. The molecule has 9 nitrogen and oxygen atoms in total. The van der Waals surface area contributed by atoms with Gasteiger partial charge in [0.25, 0.3) is 0 Å². The van der Waals surface area contributed by atoms with E-state index < -0.39 is 40.4 Å². The summed E-state index contributed by atoms with van der Waals surface area (Å²) in [6.07, 6.45) is -2.71. The molecule has 4 rings (SSSR count). The normalized spacial score (nSPS) is 16.5. The lowest BCUT2D eigenvalue weighted by Gasteiger charge is -2.32. The van der Waals surface area contributed by atoms with E-state index in [9.17, 15) is 27.8 Å². The summed E-state index contributed by atoms with van der Waals surface area (Å²) in [7, 11) is -2.03. The quantitative estimate of drug-likeness (QED) is 0.287. The van der Waals surface area contributed by atoms with Gasteiger partial charge in [-0.05, 0) is 61.2 Å². The number of carboxylic acid groups (broad SMARTS) is 1. The zero-order valence-electron chi connectivity index (χ0n) is 24.3. The van der Waals surface area contributed by atoms with Gasteiger partial charge in [0.15, 0.2) is 0 Å². The Morgan fingerprint density at radius 3 is 2.12 bits per heavy atom. The molecule has 1 aliphatic heterocycles. The van der Waals surface area contributed by atoms with Crippen molar-refractivity contribution >= 4 is 16.0 Å². The highest BCUT2D eigenvalue weighted by Gasteiger charge is 2.38. The second-order valence-electron chi connectivity index (χ2n) is 11.3. The average Bonchev–Trinajstić information content (AvgIpc) is 3.29. The molecule has 0 unspecified atom stereocenters. The number of benzene rings is 2. The topological polar surface area (TPSA) is 123 Å². The van der Waals surface area contributed by atoms with Gasteiger partial charge in [-0.15, -0.1) is 0 Å². The molecule has 2 atom stereocenters. The number of aliphatic hydroxyl groups is 2. The van der Waals surface area contributed by atoms with Crippen LogP contribution in [0.5, 0.6) is 0 Å². The SMILES string of the molecule is CC(C)c1c(S(=O)(=O)N2CCN(C)CC2)c(-c2ccccc2)c(-c2ccc(F)cc2)n1CC[C@@H](O)C[C@@H](O)CC(=O)O. The number of rotatable bonds is 12. The molecular formula is C31H40FN3O6S. The molecule has 1 fully saturated rings. The Morgan fingerprint density at radius 1 is 0.929 bits per heavy atom. The van der Waals surface area contributed by atoms with Gasteiger partial charge >= 0.3 is 5.97 Å². The number of hydrogen-bond acceptors (Lipinski definition) is 6. The van der Waals surface area contributed by atoms with Gasteiger partial charge in [0.2, 0.25) is 10.0 Å². The van der Waals surface area contributed by atoms with Gasteiger partial charge < -0.3 is 24.8 Å². The number of aliphatic hydroxyl groups excluding tert-OH is 2. The van der Waals surface area contributed by atoms with E-state index in [1.807, 2.05) is 55.8 Å². The van der Waals surface area contributed by atoms with Crippen molar-refractivity contribution in [2.75, 3.05) is 33.2 Å². The smallest absolute Gasteiger partial charge is 0.305 e. The zero-order valence-corrected chi connectivity index (χ0v) is 25.1. The monoisotopic (exact) mass is 601 g/mol. The van der Waals surface area contributed by atoms with Gasteiger partial charge in [0, 0.05) is 44.0 Å². The van der Waals surface area contributed by atoms with Crippen LogP contribution in [0, 0.1) is 5.82 Å². The molecule has 1 saturated heterocycles. The van der Waals surface area contributed by atoms with Crippen molar-refractivity contribution < 1.29 is 32.9 Å². The fourth-order valence-corrected chi connectivity index (χ4v) is 7.60. The van der Waals surface area contributed by atoms with Crippen molar-refractivity contribution in [1.29, 1.82) is 0 Å². The van der Waals surface area contributed by atoms with Gasteiger partial charge in [-0.3, -0.25) is 4.79 Å². The summed E-state index contributed by atoms with van der Waals surface area (Å²) < 4.78 is 46.6. The van der Waals surface area contributed by atoms with Crippen molar-refractivity contribution in [1.82, 2.24) is 13.8 Å². The predicted molar refractivity (Wildman–Crippen MR) is 159 cm³/mol. The van der Waals surface area contributed by atoms with Crippen molar-refractivity contribution in [3.63, 3.8) is 0 Å². The standard InChI is InChI=1S/C31H40FN3O6S/c1-21(2)29-31(42(40,41)34-17-15-33(3)16-18-34)28(22-7-5-4-6-8-22)30(23-9-11-24(32)12-10-23)35(29)14-13-25(36)19-26(37)20-27(38)39/h4-12,21,25-26,36-37H,13-20H2,1-3H3,(H,38,39)/t25-,26-/m1/s1. The molecule has 228 valence electrons. The van der Waals surface area contributed by atoms with Crippen LogP contribution < -0.4 is 0 Å². The Balaban J connectivity index is 1.94. The third-order valence-electron chi connectivity index (χ3n) is 7.68. The number of piperazine rings is 1. The summed E-state index contributed by atoms with van der Waals surface area (Å²) in [4.78, 5) is 13.3. The summed E-state index contributed by atoms with van der Waals surface area (Å²) in [5.41, 5.74) is 3.01. The Bertz CT molecular complexity index is 1470. The van der Waals surface area contributed by atoms with Gasteiger partial charge in [0.05, 0.1) is 24.3 Å². The molecule has 2 aromatic carbocycles. The van der Waals surface area contributed by atoms with Gasteiger partial charge in [-0.2, -0.15) is 4.31 Å². The first-order chi connectivity index (χ1) is 19.9. The molecule has 3 N–H and O–H groups in total. The molecule has 1 aromatic heterocycles. The second kappa shape index (κ2) is 13.5. The fourth-order valence-electron chi connectivity index (χ4n) is 5.61. The van der Waals surface area contributed by atoms with Crippen LogP contribution in [0.15, 0.2) is 59.5 Å². The number of nitrogens with zero attached hydrogens (tertiary/aromatic N) is 3. The number of sulfonamides is 1. The lowest BCUT2D eigenvalue weighted by molar-refractivity contribution is -0.139. The van der Waals surface area contributed by atoms with E-state index in [1.165, 1.54) is 16.4 Å². The van der Waals surface area contributed by atoms with Gasteiger partial charge in [-0.25, -0.2) is 12.8 Å². The summed E-state index contributed by atoms with van der Waals surface area (Å²) >= 11 is 0. The Morgan fingerprint density at radius 2 is 1.55 bits per heavy atom. The number of hydrogen-bond donors (Lipinski definition) is 3. The van der Waals surface area contributed by atoms with E-state index in [2.05, 4.69) is 4.90 Å². The minimum absolute atomic E-state index is 0.131. The number of likely N-dealkylation sites (N-methyl/N-ethyl adjacent to an activating group) is 1. The highest BCUT2D eigenvalue weighted by Crippen LogP contribution is 2.45. The first kappa shape index (κ1) is 31.8. The molecule has 0 saturated carbocycles. The molecule has 42 heavy (non-hydrogen) atoms. The van der Waals surface area contributed by atoms with Crippen LogP contribution in [0.4, 0.5) is 4.39 Å². The van der Waals surface area contributed by atoms with Crippen molar-refractivity contribution in [2.45, 2.75) is 62.7 Å². The van der Waals surface area contributed by atoms with Crippen molar-refractivity contribution in [2.24, 2.45) is 0 Å². The lowest BCUT2D eigenvalue weighted by atomic mass is 10.0. The molecule has 2 heterocycles. The summed E-state index contributed by atoms with van der Waals surface area (Å²) in [6.45, 7) is 5.94. The van der Waals surface area contributed by atoms with E-state index in [-0.39, 0.29) is 30.2 Å². The predicted octanol–water partition coefficient (Wildman–Crippen LogP) is 4.00. The van der Waals surface area contributed by atoms with E-state index in [0.717, 1.165) is 0 Å². The maximum atomic E-state index is 14.5. The Hall–Kier alpha value is -3.09. The van der Waals surface area contributed by atoms with E-state index in [4.69, 9.17) is 5.11 Å². The van der Waals surface area contributed by atoms with Gasteiger partial charge in [0.1, 0.15) is 10.7 Å². The number of carbonyl (C=O) groups is 1. The molecule has 0 amide bonds. The van der Waals surface area contributed by atoms with Crippen LogP contribution in [-0.2, 0) is 21.4 Å². The maximum Gasteiger partial charge on any atom is 0.305 e. The number of aliphatic carboxylic acids is 1. The van der Waals surface area contributed by atoms with Crippen molar-refractivity contribution in [3.05, 3.63) is 66.1 Å². The zero-order chi connectivity index (χ0) is 30.6. The van der Waals surface area contributed by atoms with Crippen LogP contribution in [0.2, 0.25) is 0 Å². The van der Waals surface area contributed by atoms with Crippen molar-refractivity contribution in [3.8, 4) is 22.4 Å². The first-order valence-corrected chi connectivity index (χ1v) is 15.7. The molecule has 1 aliphatic rings. The van der Waals surface area contributed by atoms with E-state index in [0.29, 0.717) is 54.3 Å². The molecule has 0 aliphatic carbocycles. The van der Waals surface area contributed by atoms with E-state index >= 15 is 0 Å². The lowest BCUT2D eigenvalue weighted by Crippen LogP contribution is -2.47.